The van der Waals surface area contributed by atoms with Crippen molar-refractivity contribution in [3.8, 4) is 6.07 Å². The van der Waals surface area contributed by atoms with Crippen LogP contribution in [0, 0.1) is 18.3 Å². The number of aryl methyl sites for hydroxylation is 1. The van der Waals surface area contributed by atoms with Crippen LogP contribution in [-0.2, 0) is 4.79 Å². The number of nitrogens with zero attached hydrogens (tertiary/aromatic N) is 3. The Morgan fingerprint density at radius 1 is 1.12 bits per heavy atom. The number of carbonyl (C=O) groups is 1. The van der Waals surface area contributed by atoms with Crippen LogP contribution < -0.4 is 4.90 Å². The molecule has 1 amide bonds. The van der Waals surface area contributed by atoms with Crippen LogP contribution in [0.3, 0.4) is 0 Å². The molecule has 1 fully saturated rings. The maximum absolute atomic E-state index is 12.9. The monoisotopic (exact) mass is 361 g/mol. The van der Waals surface area contributed by atoms with Crippen molar-refractivity contribution in [2.24, 2.45) is 0 Å². The molecule has 5 heteroatoms. The molecule has 1 saturated heterocycles. The van der Waals surface area contributed by atoms with Gasteiger partial charge in [-0.15, -0.1) is 0 Å². The maximum Gasteiger partial charge on any atom is 0.229 e. The Kier molecular flexibility index (Phi) is 4.44. The van der Waals surface area contributed by atoms with Crippen LogP contribution in [0.4, 0.5) is 5.69 Å². The summed E-state index contributed by atoms with van der Waals surface area (Å²) < 4.78 is 0. The molecule has 4 nitrogen and oxygen atoms in total. The SMILES string of the molecule is Cc1ccccc1N1CSC2=C(C#N)C(c3ccccc3)CC(=O)N2C1. The van der Waals surface area contributed by atoms with E-state index < -0.39 is 0 Å². The average molecular weight is 361 g/mol. The molecule has 0 N–H and O–H groups in total. The highest BCUT2D eigenvalue weighted by atomic mass is 32.2. The van der Waals surface area contributed by atoms with E-state index >= 15 is 0 Å². The molecule has 2 aromatic carbocycles. The topological polar surface area (TPSA) is 47.3 Å². The first-order chi connectivity index (χ1) is 12.7. The number of thioether (sulfide) groups is 1. The minimum atomic E-state index is -0.141. The Bertz CT molecular complexity index is 916. The molecule has 2 aliphatic rings. The fraction of sp³-hybridized carbons (Fsp3) is 0.238. The van der Waals surface area contributed by atoms with Gasteiger partial charge in [0.15, 0.2) is 0 Å². The van der Waals surface area contributed by atoms with Crippen LogP contribution in [0.2, 0.25) is 0 Å². The molecule has 2 heterocycles. The third-order valence-electron chi connectivity index (χ3n) is 4.95. The van der Waals surface area contributed by atoms with Crippen LogP contribution in [0.1, 0.15) is 23.5 Å². The minimum absolute atomic E-state index is 0.0821. The van der Waals surface area contributed by atoms with Crippen molar-refractivity contribution in [2.75, 3.05) is 17.4 Å². The third-order valence-corrected chi connectivity index (χ3v) is 6.11. The van der Waals surface area contributed by atoms with Gasteiger partial charge in [0.25, 0.3) is 0 Å². The van der Waals surface area contributed by atoms with E-state index in [-0.39, 0.29) is 11.8 Å². The quantitative estimate of drug-likeness (QED) is 0.804. The first kappa shape index (κ1) is 16.7. The van der Waals surface area contributed by atoms with Gasteiger partial charge in [-0.25, -0.2) is 0 Å². The highest BCUT2D eigenvalue weighted by Gasteiger charge is 2.38. The zero-order valence-corrected chi connectivity index (χ0v) is 15.4. The number of hydrogen-bond acceptors (Lipinski definition) is 4. The number of allylic oxidation sites excluding steroid dienone is 1. The summed E-state index contributed by atoms with van der Waals surface area (Å²) in [5.41, 5.74) is 4.07. The summed E-state index contributed by atoms with van der Waals surface area (Å²) in [6.45, 7) is 2.58. The molecular weight excluding hydrogens is 342 g/mol. The van der Waals surface area contributed by atoms with Crippen molar-refractivity contribution in [1.82, 2.24) is 4.90 Å². The lowest BCUT2D eigenvalue weighted by atomic mass is 9.86. The van der Waals surface area contributed by atoms with Gasteiger partial charge in [0.05, 0.1) is 29.2 Å². The zero-order chi connectivity index (χ0) is 18.1. The summed E-state index contributed by atoms with van der Waals surface area (Å²) in [6, 6.07) is 20.4. The number of hydrogen-bond donors (Lipinski definition) is 0. The molecule has 1 atom stereocenters. The summed E-state index contributed by atoms with van der Waals surface area (Å²) in [4.78, 5) is 16.8. The molecule has 1 unspecified atom stereocenters. The standard InChI is InChI=1S/C21H19N3OS/c1-15-7-5-6-10-19(15)23-13-24-20(25)11-17(16-8-3-2-4-9-16)18(12-22)21(24)26-14-23/h2-10,17H,11,13-14H2,1H3. The fourth-order valence-corrected chi connectivity index (χ4v) is 4.76. The Morgan fingerprint density at radius 2 is 1.85 bits per heavy atom. The number of carbonyl (C=O) groups excluding carboxylic acids is 1. The lowest BCUT2D eigenvalue weighted by Crippen LogP contribution is -2.47. The largest absolute Gasteiger partial charge is 0.343 e. The molecule has 0 bridgehead atoms. The van der Waals surface area contributed by atoms with E-state index in [1.165, 1.54) is 5.56 Å². The molecule has 0 radical (unpaired) electrons. The van der Waals surface area contributed by atoms with Crippen LogP contribution in [0.5, 0.6) is 0 Å². The van der Waals surface area contributed by atoms with Crippen molar-refractivity contribution in [2.45, 2.75) is 19.3 Å². The predicted octanol–water partition coefficient (Wildman–Crippen LogP) is 4.21. The molecule has 0 spiro atoms. The number of anilines is 1. The first-order valence-electron chi connectivity index (χ1n) is 8.62. The van der Waals surface area contributed by atoms with Crippen molar-refractivity contribution in [1.29, 1.82) is 5.26 Å². The molecule has 0 aliphatic carbocycles. The molecule has 2 aliphatic heterocycles. The van der Waals surface area contributed by atoms with Gasteiger partial charge < -0.3 is 4.90 Å². The van der Waals surface area contributed by atoms with Crippen molar-refractivity contribution < 1.29 is 4.79 Å². The summed E-state index contributed by atoms with van der Waals surface area (Å²) in [7, 11) is 0. The predicted molar refractivity (Wildman–Crippen MR) is 104 cm³/mol. The van der Waals surface area contributed by atoms with E-state index in [2.05, 4.69) is 30.0 Å². The van der Waals surface area contributed by atoms with Crippen molar-refractivity contribution >= 4 is 23.4 Å². The van der Waals surface area contributed by atoms with Crippen molar-refractivity contribution in [3.63, 3.8) is 0 Å². The highest BCUT2D eigenvalue weighted by Crippen LogP contribution is 2.43. The Labute approximate surface area is 157 Å². The molecule has 130 valence electrons. The summed E-state index contributed by atoms with van der Waals surface area (Å²) in [5.74, 6) is 0.674. The van der Waals surface area contributed by atoms with Gasteiger partial charge in [0.1, 0.15) is 0 Å². The molecule has 2 aromatic rings. The Morgan fingerprint density at radius 3 is 2.58 bits per heavy atom. The molecule has 0 aromatic heterocycles. The smallest absolute Gasteiger partial charge is 0.229 e. The van der Waals surface area contributed by atoms with Crippen LogP contribution in [0.25, 0.3) is 0 Å². The third kappa shape index (κ3) is 2.87. The van der Waals surface area contributed by atoms with Gasteiger partial charge in [0.2, 0.25) is 5.91 Å². The van der Waals surface area contributed by atoms with Crippen LogP contribution in [-0.4, -0.2) is 23.4 Å². The van der Waals surface area contributed by atoms with Gasteiger partial charge in [0, 0.05) is 18.0 Å². The number of benzene rings is 2. The highest BCUT2D eigenvalue weighted by molar-refractivity contribution is 8.03. The van der Waals surface area contributed by atoms with E-state index in [1.807, 2.05) is 42.5 Å². The van der Waals surface area contributed by atoms with Gasteiger partial charge in [-0.3, -0.25) is 9.69 Å². The minimum Gasteiger partial charge on any atom is -0.343 e. The van der Waals surface area contributed by atoms with E-state index in [0.717, 1.165) is 22.2 Å². The van der Waals surface area contributed by atoms with Gasteiger partial charge in [-0.2, -0.15) is 5.26 Å². The van der Waals surface area contributed by atoms with Crippen LogP contribution >= 0.6 is 11.8 Å². The van der Waals surface area contributed by atoms with E-state index in [0.29, 0.717) is 18.7 Å². The number of fused-ring (bicyclic) bond motifs is 1. The Balaban J connectivity index is 1.68. The Hall–Kier alpha value is -2.71. The van der Waals surface area contributed by atoms with E-state index in [1.54, 1.807) is 16.7 Å². The number of rotatable bonds is 2. The fourth-order valence-electron chi connectivity index (χ4n) is 3.60. The number of para-hydroxylation sites is 1. The average Bonchev–Trinajstić information content (AvgIpc) is 2.69. The van der Waals surface area contributed by atoms with E-state index in [4.69, 9.17) is 0 Å². The molecule has 26 heavy (non-hydrogen) atoms. The van der Waals surface area contributed by atoms with Gasteiger partial charge in [-0.05, 0) is 24.1 Å². The van der Waals surface area contributed by atoms with Gasteiger partial charge >= 0.3 is 0 Å². The number of nitriles is 1. The lowest BCUT2D eigenvalue weighted by Gasteiger charge is -2.42. The van der Waals surface area contributed by atoms with Gasteiger partial charge in [-0.1, -0.05) is 60.3 Å². The normalized spacial score (nSPS) is 20.0. The van der Waals surface area contributed by atoms with Crippen LogP contribution in [0.15, 0.2) is 65.2 Å². The number of amides is 1. The second-order valence-electron chi connectivity index (χ2n) is 6.56. The van der Waals surface area contributed by atoms with Crippen molar-refractivity contribution in [3.05, 3.63) is 76.3 Å². The first-order valence-corrected chi connectivity index (χ1v) is 9.60. The second-order valence-corrected chi connectivity index (χ2v) is 7.49. The molecule has 0 saturated carbocycles. The summed E-state index contributed by atoms with van der Waals surface area (Å²) in [6.07, 6.45) is 0.346. The molecular formula is C21H19N3OS. The van der Waals surface area contributed by atoms with E-state index in [9.17, 15) is 10.1 Å². The second kappa shape index (κ2) is 6.89. The molecule has 4 rings (SSSR count). The zero-order valence-electron chi connectivity index (χ0n) is 14.6. The maximum atomic E-state index is 12.9. The summed E-state index contributed by atoms with van der Waals surface area (Å²) in [5, 5.41) is 10.6. The summed E-state index contributed by atoms with van der Waals surface area (Å²) >= 11 is 1.58. The lowest BCUT2D eigenvalue weighted by molar-refractivity contribution is -0.129.